The third-order valence-corrected chi connectivity index (χ3v) is 2.11. The zero-order valence-corrected chi connectivity index (χ0v) is 8.79. The van der Waals surface area contributed by atoms with Gasteiger partial charge in [0.15, 0.2) is 0 Å². The summed E-state index contributed by atoms with van der Waals surface area (Å²) < 4.78 is 0. The van der Waals surface area contributed by atoms with Crippen molar-refractivity contribution in [2.45, 2.75) is 33.7 Å². The Balaban J connectivity index is 4.36. The molecule has 1 amide bonds. The molecular weight excluding hydrogens is 172 g/mol. The van der Waals surface area contributed by atoms with Crippen LogP contribution in [0.4, 0.5) is 0 Å². The number of nitrogens with one attached hydrogen (secondary N) is 1. The molecule has 0 aliphatic heterocycles. The molecule has 0 unspecified atom stereocenters. The van der Waals surface area contributed by atoms with Crippen LogP contribution in [-0.2, 0) is 4.79 Å². The lowest BCUT2D eigenvalue weighted by molar-refractivity contribution is -0.126. The minimum absolute atomic E-state index is 0.117. The van der Waals surface area contributed by atoms with E-state index < -0.39 is 5.41 Å². The van der Waals surface area contributed by atoms with Crippen molar-refractivity contribution in [3.63, 3.8) is 0 Å². The third kappa shape index (κ3) is 2.77. The average Bonchev–Trinajstić information content (AvgIpc) is 1.85. The molecule has 12 heavy (non-hydrogen) atoms. The monoisotopic (exact) mass is 188 g/mol. The van der Waals surface area contributed by atoms with E-state index in [-0.39, 0.29) is 16.9 Å². The molecule has 0 fully saturated rings. The standard InChI is InChI=1S/C8H16N2OS/c1-5(2)10-7(11)8(3,4)6(9)12/h5H,1-4H3,(H2,9,12)(H,10,11). The summed E-state index contributed by atoms with van der Waals surface area (Å²) >= 11 is 4.78. The number of nitrogens with two attached hydrogens (primary N) is 1. The molecule has 0 rings (SSSR count). The SMILES string of the molecule is CC(C)NC(=O)C(C)(C)C(N)=S. The molecule has 0 atom stereocenters. The normalized spacial score (nSPS) is 11.4. The van der Waals surface area contributed by atoms with Gasteiger partial charge in [0, 0.05) is 6.04 Å². The maximum atomic E-state index is 11.4. The molecule has 0 aliphatic rings. The molecule has 3 N–H and O–H groups in total. The van der Waals surface area contributed by atoms with Crippen molar-refractivity contribution >= 4 is 23.1 Å². The van der Waals surface area contributed by atoms with Crippen LogP contribution in [0.15, 0.2) is 0 Å². The number of rotatable bonds is 3. The highest BCUT2D eigenvalue weighted by Gasteiger charge is 2.30. The van der Waals surface area contributed by atoms with Crippen LogP contribution in [0.5, 0.6) is 0 Å². The molecule has 0 aliphatic carbocycles. The van der Waals surface area contributed by atoms with Gasteiger partial charge < -0.3 is 11.1 Å². The van der Waals surface area contributed by atoms with Crippen LogP contribution in [-0.4, -0.2) is 16.9 Å². The first-order valence-electron chi connectivity index (χ1n) is 3.89. The van der Waals surface area contributed by atoms with E-state index in [4.69, 9.17) is 18.0 Å². The Kier molecular flexibility index (Phi) is 3.64. The van der Waals surface area contributed by atoms with E-state index in [1.54, 1.807) is 13.8 Å². The summed E-state index contributed by atoms with van der Waals surface area (Å²) in [6.07, 6.45) is 0. The van der Waals surface area contributed by atoms with Crippen molar-refractivity contribution in [1.82, 2.24) is 5.32 Å². The maximum absolute atomic E-state index is 11.4. The Hall–Kier alpha value is -0.640. The number of hydrogen-bond acceptors (Lipinski definition) is 2. The van der Waals surface area contributed by atoms with Crippen LogP contribution in [0.2, 0.25) is 0 Å². The zero-order chi connectivity index (χ0) is 9.94. The second-order valence-corrected chi connectivity index (χ2v) is 4.06. The van der Waals surface area contributed by atoms with Gasteiger partial charge in [-0.3, -0.25) is 4.79 Å². The number of hydrogen-bond donors (Lipinski definition) is 2. The molecule has 0 saturated heterocycles. The summed E-state index contributed by atoms with van der Waals surface area (Å²) in [5.41, 5.74) is 4.67. The van der Waals surface area contributed by atoms with Gasteiger partial charge in [-0.05, 0) is 27.7 Å². The van der Waals surface area contributed by atoms with E-state index in [0.717, 1.165) is 0 Å². The summed E-state index contributed by atoms with van der Waals surface area (Å²) in [6, 6.07) is 0.117. The molecule has 0 aromatic rings. The zero-order valence-electron chi connectivity index (χ0n) is 7.97. The van der Waals surface area contributed by atoms with Gasteiger partial charge in [0.05, 0.1) is 10.4 Å². The highest BCUT2D eigenvalue weighted by molar-refractivity contribution is 7.80. The van der Waals surface area contributed by atoms with Gasteiger partial charge >= 0.3 is 0 Å². The minimum Gasteiger partial charge on any atom is -0.392 e. The third-order valence-electron chi connectivity index (χ3n) is 1.60. The largest absolute Gasteiger partial charge is 0.392 e. The van der Waals surface area contributed by atoms with Crippen LogP contribution >= 0.6 is 12.2 Å². The molecule has 3 nitrogen and oxygen atoms in total. The topological polar surface area (TPSA) is 55.1 Å². The van der Waals surface area contributed by atoms with Crippen LogP contribution in [0.3, 0.4) is 0 Å². The molecule has 0 spiro atoms. The minimum atomic E-state index is -0.750. The van der Waals surface area contributed by atoms with Crippen molar-refractivity contribution < 1.29 is 4.79 Å². The highest BCUT2D eigenvalue weighted by atomic mass is 32.1. The Morgan fingerprint density at radius 3 is 2.17 bits per heavy atom. The van der Waals surface area contributed by atoms with Crippen molar-refractivity contribution in [1.29, 1.82) is 0 Å². The predicted octanol–water partition coefficient (Wildman–Crippen LogP) is 0.823. The van der Waals surface area contributed by atoms with E-state index >= 15 is 0 Å². The smallest absolute Gasteiger partial charge is 0.232 e. The Labute approximate surface area is 78.7 Å². The number of thiocarbonyl (C=S) groups is 1. The van der Waals surface area contributed by atoms with Gasteiger partial charge in [-0.25, -0.2) is 0 Å². The van der Waals surface area contributed by atoms with Gasteiger partial charge in [-0.15, -0.1) is 0 Å². The van der Waals surface area contributed by atoms with E-state index in [0.29, 0.717) is 0 Å². The quantitative estimate of drug-likeness (QED) is 0.645. The fourth-order valence-electron chi connectivity index (χ4n) is 0.555. The molecule has 0 radical (unpaired) electrons. The summed E-state index contributed by atoms with van der Waals surface area (Å²) in [7, 11) is 0. The van der Waals surface area contributed by atoms with Crippen LogP contribution < -0.4 is 11.1 Å². The van der Waals surface area contributed by atoms with Gasteiger partial charge in [-0.2, -0.15) is 0 Å². The first-order chi connectivity index (χ1) is 5.28. The van der Waals surface area contributed by atoms with E-state index in [2.05, 4.69) is 5.32 Å². The summed E-state index contributed by atoms with van der Waals surface area (Å²) in [5, 5.41) is 2.76. The van der Waals surface area contributed by atoms with E-state index in [1.165, 1.54) is 0 Å². The fourth-order valence-corrected chi connectivity index (χ4v) is 0.647. The maximum Gasteiger partial charge on any atom is 0.232 e. The van der Waals surface area contributed by atoms with E-state index in [1.807, 2.05) is 13.8 Å². The molecular formula is C8H16N2OS. The number of amides is 1. The van der Waals surface area contributed by atoms with Gasteiger partial charge in [0.2, 0.25) is 5.91 Å². The Morgan fingerprint density at radius 2 is 1.92 bits per heavy atom. The molecule has 70 valence electrons. The lowest BCUT2D eigenvalue weighted by atomic mass is 9.92. The molecule has 0 bridgehead atoms. The number of carbonyl (C=O) groups excluding carboxylic acids is 1. The summed E-state index contributed by atoms with van der Waals surface area (Å²) in [6.45, 7) is 7.22. The highest BCUT2D eigenvalue weighted by Crippen LogP contribution is 2.15. The van der Waals surface area contributed by atoms with Crippen molar-refractivity contribution in [3.05, 3.63) is 0 Å². The average molecular weight is 188 g/mol. The fraction of sp³-hybridized carbons (Fsp3) is 0.750. The molecule has 0 aromatic heterocycles. The first-order valence-corrected chi connectivity index (χ1v) is 4.30. The van der Waals surface area contributed by atoms with Gasteiger partial charge in [0.1, 0.15) is 0 Å². The summed E-state index contributed by atoms with van der Waals surface area (Å²) in [5.74, 6) is -0.120. The van der Waals surface area contributed by atoms with E-state index in [9.17, 15) is 4.79 Å². The van der Waals surface area contributed by atoms with Crippen molar-refractivity contribution in [3.8, 4) is 0 Å². The van der Waals surface area contributed by atoms with Crippen molar-refractivity contribution in [2.24, 2.45) is 11.1 Å². The molecule has 0 saturated carbocycles. The lowest BCUT2D eigenvalue weighted by Gasteiger charge is -2.23. The van der Waals surface area contributed by atoms with Gasteiger partial charge in [-0.1, -0.05) is 12.2 Å². The lowest BCUT2D eigenvalue weighted by Crippen LogP contribution is -2.46. The molecule has 4 heteroatoms. The number of carbonyl (C=O) groups is 1. The summed E-state index contributed by atoms with van der Waals surface area (Å²) in [4.78, 5) is 11.7. The van der Waals surface area contributed by atoms with Crippen LogP contribution in [0.1, 0.15) is 27.7 Å². The predicted molar refractivity (Wildman–Crippen MR) is 53.8 cm³/mol. The van der Waals surface area contributed by atoms with Crippen LogP contribution in [0.25, 0.3) is 0 Å². The van der Waals surface area contributed by atoms with Crippen molar-refractivity contribution in [2.75, 3.05) is 0 Å². The second kappa shape index (κ2) is 3.85. The van der Waals surface area contributed by atoms with Gasteiger partial charge in [0.25, 0.3) is 0 Å². The molecule has 0 heterocycles. The van der Waals surface area contributed by atoms with Crippen LogP contribution in [0, 0.1) is 5.41 Å². The Bertz CT molecular complexity index is 199. The molecule has 0 aromatic carbocycles. The second-order valence-electron chi connectivity index (χ2n) is 3.62. The first kappa shape index (κ1) is 11.4. The Morgan fingerprint density at radius 1 is 1.50 bits per heavy atom.